The summed E-state index contributed by atoms with van der Waals surface area (Å²) in [6.07, 6.45) is 0. The van der Waals surface area contributed by atoms with E-state index in [2.05, 4.69) is 36.8 Å². The lowest BCUT2D eigenvalue weighted by Gasteiger charge is -2.05. The summed E-state index contributed by atoms with van der Waals surface area (Å²) in [5.74, 6) is 0.273. The largest absolute Gasteiger partial charge is 0.318 e. The van der Waals surface area contributed by atoms with Crippen LogP contribution < -0.4 is 5.32 Å². The Kier molecular flexibility index (Phi) is 5.29. The molecule has 2 rings (SSSR count). The van der Waals surface area contributed by atoms with E-state index in [0.29, 0.717) is 23.0 Å². The number of tetrazole rings is 1. The third-order valence-corrected chi connectivity index (χ3v) is 3.94. The quantitative estimate of drug-likeness (QED) is 0.812. The topological polar surface area (TPSA) is 55.6 Å². The molecule has 0 aliphatic rings. The molecule has 1 aromatic heterocycles. The zero-order valence-corrected chi connectivity index (χ0v) is 12.7. The van der Waals surface area contributed by atoms with E-state index in [4.69, 9.17) is 0 Å². The second kappa shape index (κ2) is 6.97. The van der Waals surface area contributed by atoms with Crippen molar-refractivity contribution in [2.75, 3.05) is 13.6 Å². The number of thioether (sulfide) groups is 1. The average molecular weight is 346 g/mol. The van der Waals surface area contributed by atoms with E-state index in [0.717, 1.165) is 11.0 Å². The fraction of sp³-hybridized carbons (Fsp3) is 0.364. The van der Waals surface area contributed by atoms with Crippen molar-refractivity contribution in [2.24, 2.45) is 0 Å². The third-order valence-electron chi connectivity index (χ3n) is 2.44. The number of benzene rings is 1. The van der Waals surface area contributed by atoms with Crippen molar-refractivity contribution in [3.63, 3.8) is 0 Å². The number of nitrogens with zero attached hydrogens (tertiary/aromatic N) is 4. The fourth-order valence-corrected chi connectivity index (χ4v) is 2.66. The van der Waals surface area contributed by atoms with Crippen LogP contribution >= 0.6 is 27.7 Å². The summed E-state index contributed by atoms with van der Waals surface area (Å²) in [5.41, 5.74) is 0.636. The highest BCUT2D eigenvalue weighted by molar-refractivity contribution is 9.10. The fourth-order valence-electron chi connectivity index (χ4n) is 1.44. The molecule has 2 aromatic rings. The summed E-state index contributed by atoms with van der Waals surface area (Å²) in [7, 11) is 1.87. The monoisotopic (exact) mass is 345 g/mol. The molecule has 19 heavy (non-hydrogen) atoms. The lowest BCUT2D eigenvalue weighted by atomic mass is 10.2. The first kappa shape index (κ1) is 14.4. The van der Waals surface area contributed by atoms with Gasteiger partial charge in [0.15, 0.2) is 0 Å². The number of hydrogen-bond donors (Lipinski definition) is 1. The molecule has 102 valence electrons. The predicted molar refractivity (Wildman–Crippen MR) is 75.4 cm³/mol. The molecule has 0 amide bonds. The average Bonchev–Trinajstić information content (AvgIpc) is 2.83. The number of aromatic nitrogens is 4. The molecule has 0 saturated heterocycles. The van der Waals surface area contributed by atoms with Crippen LogP contribution in [0, 0.1) is 5.82 Å². The van der Waals surface area contributed by atoms with Gasteiger partial charge in [-0.2, -0.15) is 0 Å². The van der Waals surface area contributed by atoms with E-state index in [1.165, 1.54) is 17.8 Å². The Morgan fingerprint density at radius 2 is 2.32 bits per heavy atom. The first-order valence-electron chi connectivity index (χ1n) is 5.68. The summed E-state index contributed by atoms with van der Waals surface area (Å²) >= 11 is 4.66. The van der Waals surface area contributed by atoms with E-state index in [9.17, 15) is 4.39 Å². The van der Waals surface area contributed by atoms with Gasteiger partial charge >= 0.3 is 0 Å². The smallest absolute Gasteiger partial charge is 0.209 e. The minimum Gasteiger partial charge on any atom is -0.318 e. The summed E-state index contributed by atoms with van der Waals surface area (Å²) in [4.78, 5) is 0. The van der Waals surface area contributed by atoms with Crippen LogP contribution in [0.5, 0.6) is 0 Å². The van der Waals surface area contributed by atoms with Crippen molar-refractivity contribution in [1.29, 1.82) is 0 Å². The molecule has 0 radical (unpaired) electrons. The van der Waals surface area contributed by atoms with Crippen molar-refractivity contribution in [3.05, 3.63) is 34.1 Å². The van der Waals surface area contributed by atoms with Gasteiger partial charge < -0.3 is 5.32 Å². The van der Waals surface area contributed by atoms with Crippen LogP contribution in [0.1, 0.15) is 5.56 Å². The van der Waals surface area contributed by atoms with Crippen molar-refractivity contribution in [3.8, 4) is 0 Å². The second-order valence-corrected chi connectivity index (χ2v) is 5.67. The number of nitrogens with one attached hydrogen (secondary N) is 1. The van der Waals surface area contributed by atoms with Gasteiger partial charge in [-0.3, -0.25) is 0 Å². The molecule has 1 heterocycles. The molecular formula is C11H13BrFN5S. The summed E-state index contributed by atoms with van der Waals surface area (Å²) in [6.45, 7) is 1.47. The predicted octanol–water partition coefficient (Wildman–Crippen LogP) is 2.09. The Hall–Kier alpha value is -0.990. The van der Waals surface area contributed by atoms with Crippen molar-refractivity contribution >= 4 is 27.7 Å². The maximum atomic E-state index is 13.7. The summed E-state index contributed by atoms with van der Waals surface area (Å²) in [6, 6.07) is 5.04. The van der Waals surface area contributed by atoms with E-state index >= 15 is 0 Å². The van der Waals surface area contributed by atoms with E-state index in [1.807, 2.05) is 13.1 Å². The molecule has 0 unspecified atom stereocenters. The molecule has 0 aliphatic heterocycles. The SMILES string of the molecule is CNCCn1nnnc1SCc1ccc(Br)cc1F. The van der Waals surface area contributed by atoms with Crippen molar-refractivity contribution < 1.29 is 4.39 Å². The van der Waals surface area contributed by atoms with Gasteiger partial charge in [0, 0.05) is 16.8 Å². The Morgan fingerprint density at radius 1 is 1.47 bits per heavy atom. The van der Waals surface area contributed by atoms with Crippen LogP contribution in [0.25, 0.3) is 0 Å². The number of rotatable bonds is 6. The van der Waals surface area contributed by atoms with Gasteiger partial charge in [0.25, 0.3) is 0 Å². The van der Waals surface area contributed by atoms with Gasteiger partial charge in [-0.15, -0.1) is 5.10 Å². The molecule has 0 spiro atoms. The lowest BCUT2D eigenvalue weighted by Crippen LogP contribution is -2.16. The minimum absolute atomic E-state index is 0.226. The summed E-state index contributed by atoms with van der Waals surface area (Å²) in [5, 5.41) is 15.2. The first-order chi connectivity index (χ1) is 9.20. The summed E-state index contributed by atoms with van der Waals surface area (Å²) < 4.78 is 16.1. The molecule has 0 bridgehead atoms. The zero-order chi connectivity index (χ0) is 13.7. The molecule has 5 nitrogen and oxygen atoms in total. The van der Waals surface area contributed by atoms with Crippen LogP contribution in [0.4, 0.5) is 4.39 Å². The standard InChI is InChI=1S/C11H13BrFN5S/c1-14-4-5-18-11(15-16-17-18)19-7-8-2-3-9(12)6-10(8)13/h2-3,6,14H,4-5,7H2,1H3. The molecule has 8 heteroatoms. The van der Waals surface area contributed by atoms with Crippen LogP contribution in [0.2, 0.25) is 0 Å². The molecular weight excluding hydrogens is 333 g/mol. The van der Waals surface area contributed by atoms with Crippen LogP contribution in [0.3, 0.4) is 0 Å². The van der Waals surface area contributed by atoms with Gasteiger partial charge in [-0.1, -0.05) is 33.8 Å². The maximum absolute atomic E-state index is 13.7. The molecule has 1 aromatic carbocycles. The molecule has 0 saturated carbocycles. The number of halogens is 2. The van der Waals surface area contributed by atoms with Crippen LogP contribution in [-0.4, -0.2) is 33.8 Å². The molecule has 0 fully saturated rings. The highest BCUT2D eigenvalue weighted by Gasteiger charge is 2.09. The normalized spacial score (nSPS) is 10.9. The maximum Gasteiger partial charge on any atom is 0.209 e. The van der Waals surface area contributed by atoms with E-state index in [-0.39, 0.29) is 5.82 Å². The van der Waals surface area contributed by atoms with E-state index < -0.39 is 0 Å². The van der Waals surface area contributed by atoms with Crippen LogP contribution in [0.15, 0.2) is 27.8 Å². The van der Waals surface area contributed by atoms with Gasteiger partial charge in [0.1, 0.15) is 5.82 Å². The van der Waals surface area contributed by atoms with Gasteiger partial charge in [-0.05, 0) is 35.2 Å². The Morgan fingerprint density at radius 3 is 3.05 bits per heavy atom. The lowest BCUT2D eigenvalue weighted by molar-refractivity contribution is 0.530. The van der Waals surface area contributed by atoms with Gasteiger partial charge in [-0.25, -0.2) is 9.07 Å². The third kappa shape index (κ3) is 3.99. The minimum atomic E-state index is -0.226. The van der Waals surface area contributed by atoms with Crippen molar-refractivity contribution in [2.45, 2.75) is 17.5 Å². The molecule has 0 aliphatic carbocycles. The van der Waals surface area contributed by atoms with E-state index in [1.54, 1.807) is 10.7 Å². The number of likely N-dealkylation sites (N-methyl/N-ethyl adjacent to an activating group) is 1. The Labute approximate surface area is 123 Å². The second-order valence-electron chi connectivity index (χ2n) is 3.81. The molecule has 0 atom stereocenters. The van der Waals surface area contributed by atoms with Crippen LogP contribution in [-0.2, 0) is 12.3 Å². The van der Waals surface area contributed by atoms with Crippen molar-refractivity contribution in [1.82, 2.24) is 25.5 Å². The number of hydrogen-bond acceptors (Lipinski definition) is 5. The Balaban J connectivity index is 2.00. The first-order valence-corrected chi connectivity index (χ1v) is 7.46. The highest BCUT2D eigenvalue weighted by atomic mass is 79.9. The zero-order valence-electron chi connectivity index (χ0n) is 10.3. The van der Waals surface area contributed by atoms with Gasteiger partial charge in [0.2, 0.25) is 5.16 Å². The Bertz CT molecular complexity index is 548. The highest BCUT2D eigenvalue weighted by Crippen LogP contribution is 2.23. The van der Waals surface area contributed by atoms with Gasteiger partial charge in [0.05, 0.1) is 6.54 Å². The molecule has 1 N–H and O–H groups in total.